The molecule has 1 aliphatic rings. The van der Waals surface area contributed by atoms with E-state index in [4.69, 9.17) is 4.74 Å². The van der Waals surface area contributed by atoms with Gasteiger partial charge in [0.05, 0.1) is 31.1 Å². The number of aliphatic hydroxyl groups excluding tert-OH is 1. The number of hydrogen-bond acceptors (Lipinski definition) is 4. The van der Waals surface area contributed by atoms with Crippen LogP contribution in [-0.4, -0.2) is 21.9 Å². The quantitative estimate of drug-likeness (QED) is 0.640. The first kappa shape index (κ1) is 17.0. The van der Waals surface area contributed by atoms with Gasteiger partial charge in [0, 0.05) is 24.2 Å². The normalized spacial score (nSPS) is 16.0. The predicted molar refractivity (Wildman–Crippen MR) is 99.4 cm³/mol. The van der Waals surface area contributed by atoms with Crippen LogP contribution in [0.25, 0.3) is 0 Å². The molecule has 2 aromatic carbocycles. The fourth-order valence-electron chi connectivity index (χ4n) is 3.44. The van der Waals surface area contributed by atoms with Crippen molar-refractivity contribution < 1.29 is 9.84 Å². The molecule has 2 heterocycles. The van der Waals surface area contributed by atoms with Crippen LogP contribution in [0.3, 0.4) is 0 Å². The highest BCUT2D eigenvalue weighted by molar-refractivity contribution is 5.28. The van der Waals surface area contributed by atoms with E-state index in [0.29, 0.717) is 13.2 Å². The average Bonchev–Trinajstić information content (AvgIpc) is 3.13. The van der Waals surface area contributed by atoms with Crippen LogP contribution in [-0.2, 0) is 24.3 Å². The molecule has 5 nitrogen and oxygen atoms in total. The molecular weight excluding hydrogens is 326 g/mol. The van der Waals surface area contributed by atoms with Crippen molar-refractivity contribution in [2.24, 2.45) is 0 Å². The minimum absolute atomic E-state index is 0.226. The number of nitrogens with one attached hydrogen (secondary N) is 2. The number of hydrogen-bond donors (Lipinski definition) is 3. The van der Waals surface area contributed by atoms with E-state index in [9.17, 15) is 5.11 Å². The maximum atomic E-state index is 11.0. The topological polar surface area (TPSA) is 70.2 Å². The van der Waals surface area contributed by atoms with E-state index < -0.39 is 6.10 Å². The summed E-state index contributed by atoms with van der Waals surface area (Å²) in [6.07, 6.45) is 0.224. The lowest BCUT2D eigenvalue weighted by Gasteiger charge is -2.25. The number of fused-ring (bicyclic) bond motifs is 1. The molecule has 3 N–H and O–H groups in total. The van der Waals surface area contributed by atoms with Gasteiger partial charge in [-0.3, -0.25) is 5.10 Å². The standard InChI is InChI=1S/C21H23N3O2/c25-21(16-9-5-2-6-10-16)20(15-7-3-1-4-8-15)22-13-19-17-14-26-12-11-18(17)23-24-19/h1-10,20-22,25H,11-14H2,(H,23,24)/t20-,21+/m0/s1. The third kappa shape index (κ3) is 3.55. The lowest BCUT2D eigenvalue weighted by atomic mass is 9.95. The Labute approximate surface area is 153 Å². The van der Waals surface area contributed by atoms with Gasteiger partial charge in [-0.2, -0.15) is 5.10 Å². The Bertz CT molecular complexity index is 833. The van der Waals surface area contributed by atoms with Crippen LogP contribution >= 0.6 is 0 Å². The molecule has 2 atom stereocenters. The maximum Gasteiger partial charge on any atom is 0.0984 e. The Morgan fingerprint density at radius 2 is 1.73 bits per heavy atom. The van der Waals surface area contributed by atoms with E-state index in [1.165, 1.54) is 0 Å². The zero-order valence-electron chi connectivity index (χ0n) is 14.6. The lowest BCUT2D eigenvalue weighted by Crippen LogP contribution is -2.27. The summed E-state index contributed by atoms with van der Waals surface area (Å²) < 4.78 is 5.57. The minimum atomic E-state index is -0.649. The lowest BCUT2D eigenvalue weighted by molar-refractivity contribution is 0.109. The van der Waals surface area contributed by atoms with Crippen molar-refractivity contribution in [3.63, 3.8) is 0 Å². The molecule has 3 aromatic rings. The molecule has 4 rings (SSSR count). The summed E-state index contributed by atoms with van der Waals surface area (Å²) in [5.74, 6) is 0. The van der Waals surface area contributed by atoms with Crippen molar-refractivity contribution >= 4 is 0 Å². The summed E-state index contributed by atoms with van der Waals surface area (Å²) in [5.41, 5.74) is 5.20. The molecule has 1 aromatic heterocycles. The second-order valence-electron chi connectivity index (χ2n) is 6.55. The molecule has 0 unspecified atom stereocenters. The highest BCUT2D eigenvalue weighted by atomic mass is 16.5. The summed E-state index contributed by atoms with van der Waals surface area (Å²) in [5, 5.41) is 22.0. The zero-order valence-corrected chi connectivity index (χ0v) is 14.6. The summed E-state index contributed by atoms with van der Waals surface area (Å²) in [6, 6.07) is 19.6. The molecule has 0 radical (unpaired) electrons. The Morgan fingerprint density at radius 3 is 2.46 bits per heavy atom. The summed E-state index contributed by atoms with van der Waals surface area (Å²) >= 11 is 0. The van der Waals surface area contributed by atoms with Crippen molar-refractivity contribution in [3.8, 4) is 0 Å². The van der Waals surface area contributed by atoms with Crippen LogP contribution in [0.4, 0.5) is 0 Å². The van der Waals surface area contributed by atoms with Gasteiger partial charge in [-0.25, -0.2) is 0 Å². The molecule has 0 bridgehead atoms. The van der Waals surface area contributed by atoms with Gasteiger partial charge in [-0.15, -0.1) is 0 Å². The first-order valence-corrected chi connectivity index (χ1v) is 8.97. The number of aromatic nitrogens is 2. The van der Waals surface area contributed by atoms with Gasteiger partial charge < -0.3 is 15.2 Å². The van der Waals surface area contributed by atoms with Crippen LogP contribution in [0.5, 0.6) is 0 Å². The second kappa shape index (κ2) is 7.83. The smallest absolute Gasteiger partial charge is 0.0984 e. The van der Waals surface area contributed by atoms with E-state index in [0.717, 1.165) is 41.1 Å². The largest absolute Gasteiger partial charge is 0.386 e. The van der Waals surface area contributed by atoms with E-state index in [2.05, 4.69) is 15.5 Å². The Morgan fingerprint density at radius 1 is 1.04 bits per heavy atom. The number of H-pyrrole nitrogens is 1. The number of benzene rings is 2. The van der Waals surface area contributed by atoms with Gasteiger partial charge in [0.1, 0.15) is 0 Å². The third-order valence-electron chi connectivity index (χ3n) is 4.89. The molecule has 5 heteroatoms. The molecule has 0 saturated heterocycles. The Kier molecular flexibility index (Phi) is 5.11. The van der Waals surface area contributed by atoms with Crippen molar-refractivity contribution in [2.75, 3.05) is 6.61 Å². The summed E-state index contributed by atoms with van der Waals surface area (Å²) in [6.45, 7) is 1.90. The number of rotatable bonds is 6. The minimum Gasteiger partial charge on any atom is -0.386 e. The molecule has 1 aliphatic heterocycles. The van der Waals surface area contributed by atoms with Crippen LogP contribution < -0.4 is 5.32 Å². The van der Waals surface area contributed by atoms with Crippen molar-refractivity contribution in [1.82, 2.24) is 15.5 Å². The van der Waals surface area contributed by atoms with Gasteiger partial charge in [0.25, 0.3) is 0 Å². The molecule has 0 amide bonds. The maximum absolute atomic E-state index is 11.0. The van der Waals surface area contributed by atoms with E-state index in [1.54, 1.807) is 0 Å². The van der Waals surface area contributed by atoms with Crippen LogP contribution in [0.2, 0.25) is 0 Å². The van der Waals surface area contributed by atoms with Crippen molar-refractivity contribution in [2.45, 2.75) is 31.7 Å². The fourth-order valence-corrected chi connectivity index (χ4v) is 3.44. The molecule has 26 heavy (non-hydrogen) atoms. The fraction of sp³-hybridized carbons (Fsp3) is 0.286. The predicted octanol–water partition coefficient (Wildman–Crippen LogP) is 3.05. The molecular formula is C21H23N3O2. The van der Waals surface area contributed by atoms with Gasteiger partial charge in [-0.05, 0) is 11.1 Å². The Balaban J connectivity index is 1.56. The number of aliphatic hydroxyl groups is 1. The van der Waals surface area contributed by atoms with E-state index in [-0.39, 0.29) is 6.04 Å². The highest BCUT2D eigenvalue weighted by Crippen LogP contribution is 2.29. The molecule has 0 aliphatic carbocycles. The average molecular weight is 349 g/mol. The van der Waals surface area contributed by atoms with E-state index >= 15 is 0 Å². The van der Waals surface area contributed by atoms with Gasteiger partial charge >= 0.3 is 0 Å². The molecule has 0 saturated carbocycles. The highest BCUT2D eigenvalue weighted by Gasteiger charge is 2.24. The van der Waals surface area contributed by atoms with Gasteiger partial charge in [0.2, 0.25) is 0 Å². The van der Waals surface area contributed by atoms with Crippen LogP contribution in [0.15, 0.2) is 60.7 Å². The number of nitrogens with zero attached hydrogens (tertiary/aromatic N) is 1. The molecule has 0 spiro atoms. The monoisotopic (exact) mass is 349 g/mol. The second-order valence-corrected chi connectivity index (χ2v) is 6.55. The van der Waals surface area contributed by atoms with Gasteiger partial charge in [0.15, 0.2) is 0 Å². The van der Waals surface area contributed by atoms with Crippen molar-refractivity contribution in [1.29, 1.82) is 0 Å². The number of aromatic amines is 1. The first-order valence-electron chi connectivity index (χ1n) is 8.97. The zero-order chi connectivity index (χ0) is 17.8. The summed E-state index contributed by atoms with van der Waals surface area (Å²) in [4.78, 5) is 0. The van der Waals surface area contributed by atoms with Crippen molar-refractivity contribution in [3.05, 3.63) is 88.7 Å². The third-order valence-corrected chi connectivity index (χ3v) is 4.89. The molecule has 134 valence electrons. The molecule has 0 fully saturated rings. The Hall–Kier alpha value is -2.47. The van der Waals surface area contributed by atoms with Crippen LogP contribution in [0.1, 0.15) is 40.2 Å². The van der Waals surface area contributed by atoms with Gasteiger partial charge in [-0.1, -0.05) is 60.7 Å². The SMILES string of the molecule is O[C@H](c1ccccc1)[C@@H](NCc1n[nH]c2c1COCC2)c1ccccc1. The summed E-state index contributed by atoms with van der Waals surface area (Å²) in [7, 11) is 0. The number of ether oxygens (including phenoxy) is 1. The van der Waals surface area contributed by atoms with E-state index in [1.807, 2.05) is 60.7 Å². The van der Waals surface area contributed by atoms with Crippen LogP contribution in [0, 0.1) is 0 Å². The first-order chi connectivity index (χ1) is 12.8.